The Hall–Kier alpha value is -2.77. The molecule has 1 aliphatic carbocycles. The van der Waals surface area contributed by atoms with Gasteiger partial charge >= 0.3 is 0 Å². The molecule has 0 bridgehead atoms. The van der Waals surface area contributed by atoms with Gasteiger partial charge in [-0.1, -0.05) is 30.3 Å². The van der Waals surface area contributed by atoms with Gasteiger partial charge in [-0.15, -0.1) is 0 Å². The van der Waals surface area contributed by atoms with Crippen LogP contribution in [0.5, 0.6) is 5.75 Å². The van der Waals surface area contributed by atoms with Crippen molar-refractivity contribution in [1.82, 2.24) is 10.2 Å². The molecule has 2 aromatic rings. The maximum absolute atomic E-state index is 14.0. The molecule has 1 heterocycles. The van der Waals surface area contributed by atoms with Gasteiger partial charge in [-0.25, -0.2) is 4.39 Å². The Kier molecular flexibility index (Phi) is 6.63. The monoisotopic (exact) mass is 426 g/mol. The van der Waals surface area contributed by atoms with Crippen LogP contribution in [-0.2, 0) is 27.5 Å². The van der Waals surface area contributed by atoms with Gasteiger partial charge in [0, 0.05) is 31.1 Å². The van der Waals surface area contributed by atoms with Gasteiger partial charge in [0.2, 0.25) is 5.91 Å². The molecule has 6 nitrogen and oxygen atoms in total. The van der Waals surface area contributed by atoms with Crippen LogP contribution in [0.1, 0.15) is 24.0 Å². The van der Waals surface area contributed by atoms with Crippen molar-refractivity contribution in [3.8, 4) is 5.75 Å². The van der Waals surface area contributed by atoms with E-state index >= 15 is 0 Å². The predicted molar refractivity (Wildman–Crippen MR) is 113 cm³/mol. The Bertz CT molecular complexity index is 929. The van der Waals surface area contributed by atoms with Crippen molar-refractivity contribution < 1.29 is 23.5 Å². The van der Waals surface area contributed by atoms with E-state index in [4.69, 9.17) is 9.47 Å². The second-order valence-electron chi connectivity index (χ2n) is 8.11. The van der Waals surface area contributed by atoms with Crippen LogP contribution in [0, 0.1) is 11.7 Å². The number of hydrogen-bond acceptors (Lipinski definition) is 5. The summed E-state index contributed by atoms with van der Waals surface area (Å²) in [6.45, 7) is 1.13. The standard InChI is InChI=1S/C24H27FN2O4/c1-30-19-10-6-16(7-11-19)13-27-14-20(31-15-18-4-2-3-5-21(18)25)12-26-22(24(27)29)23(28)17-8-9-17/h2-7,10-11,17,20,22,26H,8-9,12-15H2,1H3. The van der Waals surface area contributed by atoms with Gasteiger partial charge in [-0.3, -0.25) is 14.9 Å². The molecule has 7 heteroatoms. The molecule has 164 valence electrons. The lowest BCUT2D eigenvalue weighted by Gasteiger charge is -2.26. The lowest BCUT2D eigenvalue weighted by Crippen LogP contribution is -2.48. The topological polar surface area (TPSA) is 67.9 Å². The number of methoxy groups -OCH3 is 1. The van der Waals surface area contributed by atoms with Crippen LogP contribution in [0.25, 0.3) is 0 Å². The van der Waals surface area contributed by atoms with Gasteiger partial charge in [0.05, 0.1) is 19.8 Å². The molecule has 2 atom stereocenters. The smallest absolute Gasteiger partial charge is 0.247 e. The highest BCUT2D eigenvalue weighted by molar-refractivity contribution is 6.07. The van der Waals surface area contributed by atoms with E-state index in [0.717, 1.165) is 24.2 Å². The number of Topliss-reactive ketones (excluding diaryl/α,β-unsaturated/α-hetero) is 1. The number of amides is 1. The molecule has 4 rings (SSSR count). The van der Waals surface area contributed by atoms with E-state index in [1.807, 2.05) is 24.3 Å². The third-order valence-corrected chi connectivity index (χ3v) is 5.76. The Morgan fingerprint density at radius 3 is 2.58 bits per heavy atom. The first-order chi connectivity index (χ1) is 15.0. The summed E-state index contributed by atoms with van der Waals surface area (Å²) < 4.78 is 25.1. The minimum atomic E-state index is -0.854. The van der Waals surface area contributed by atoms with Crippen LogP contribution >= 0.6 is 0 Å². The zero-order valence-corrected chi connectivity index (χ0v) is 17.6. The molecule has 31 heavy (non-hydrogen) atoms. The van der Waals surface area contributed by atoms with Crippen molar-refractivity contribution in [3.05, 3.63) is 65.5 Å². The number of carbonyl (C=O) groups is 2. The lowest BCUT2D eigenvalue weighted by atomic mass is 10.1. The molecule has 2 aliphatic rings. The normalized spacial score (nSPS) is 21.6. The number of halogens is 1. The minimum absolute atomic E-state index is 0.0276. The van der Waals surface area contributed by atoms with E-state index < -0.39 is 6.04 Å². The first-order valence-corrected chi connectivity index (χ1v) is 10.6. The molecule has 2 unspecified atom stereocenters. The second kappa shape index (κ2) is 9.58. The summed E-state index contributed by atoms with van der Waals surface area (Å²) in [6, 6.07) is 13.1. The molecular formula is C24H27FN2O4. The Morgan fingerprint density at radius 2 is 1.90 bits per heavy atom. The summed E-state index contributed by atoms with van der Waals surface area (Å²) in [4.78, 5) is 27.6. The summed E-state index contributed by atoms with van der Waals surface area (Å²) in [5.74, 6) is 0.113. The van der Waals surface area contributed by atoms with Crippen LogP contribution in [0.2, 0.25) is 0 Å². The van der Waals surface area contributed by atoms with E-state index in [1.165, 1.54) is 6.07 Å². The number of benzene rings is 2. The van der Waals surface area contributed by atoms with Crippen molar-refractivity contribution in [2.75, 3.05) is 20.2 Å². The summed E-state index contributed by atoms with van der Waals surface area (Å²) >= 11 is 0. The van der Waals surface area contributed by atoms with E-state index in [2.05, 4.69) is 5.32 Å². The molecule has 2 fully saturated rings. The fourth-order valence-electron chi connectivity index (χ4n) is 3.77. The van der Waals surface area contributed by atoms with Gasteiger partial charge in [0.1, 0.15) is 17.6 Å². The SMILES string of the molecule is COc1ccc(CN2CC(OCc3ccccc3F)CNC(C(=O)C3CC3)C2=O)cc1. The summed E-state index contributed by atoms with van der Waals surface area (Å²) in [5, 5.41) is 3.11. The number of nitrogens with one attached hydrogen (secondary N) is 1. The molecule has 1 N–H and O–H groups in total. The van der Waals surface area contributed by atoms with Crippen molar-refractivity contribution >= 4 is 11.7 Å². The maximum Gasteiger partial charge on any atom is 0.247 e. The number of nitrogens with zero attached hydrogens (tertiary/aromatic N) is 1. The molecule has 2 aromatic carbocycles. The predicted octanol–water partition coefficient (Wildman–Crippen LogP) is 2.70. The average molecular weight is 426 g/mol. The fraction of sp³-hybridized carbons (Fsp3) is 0.417. The number of hydrogen-bond donors (Lipinski definition) is 1. The molecule has 0 spiro atoms. The quantitative estimate of drug-likeness (QED) is 0.658. The minimum Gasteiger partial charge on any atom is -0.497 e. The van der Waals surface area contributed by atoms with Gasteiger partial charge in [0.25, 0.3) is 0 Å². The highest BCUT2D eigenvalue weighted by Gasteiger charge is 2.42. The molecule has 1 aliphatic heterocycles. The number of carbonyl (C=O) groups excluding carboxylic acids is 2. The number of rotatable bonds is 8. The molecule has 1 saturated carbocycles. The number of ketones is 1. The van der Waals surface area contributed by atoms with E-state index in [1.54, 1.807) is 30.2 Å². The summed E-state index contributed by atoms with van der Waals surface area (Å²) in [5.41, 5.74) is 1.40. The third-order valence-electron chi connectivity index (χ3n) is 5.76. The average Bonchev–Trinajstić information content (AvgIpc) is 3.63. The van der Waals surface area contributed by atoms with Crippen LogP contribution < -0.4 is 10.1 Å². The maximum atomic E-state index is 14.0. The van der Waals surface area contributed by atoms with Crippen molar-refractivity contribution in [3.63, 3.8) is 0 Å². The van der Waals surface area contributed by atoms with E-state index in [0.29, 0.717) is 25.2 Å². The zero-order chi connectivity index (χ0) is 21.8. The van der Waals surface area contributed by atoms with Gasteiger partial charge in [-0.2, -0.15) is 0 Å². The zero-order valence-electron chi connectivity index (χ0n) is 17.6. The van der Waals surface area contributed by atoms with Crippen LogP contribution in [0.4, 0.5) is 4.39 Å². The van der Waals surface area contributed by atoms with Gasteiger partial charge < -0.3 is 14.4 Å². The first-order valence-electron chi connectivity index (χ1n) is 10.6. The van der Waals surface area contributed by atoms with Gasteiger partial charge in [-0.05, 0) is 36.6 Å². The van der Waals surface area contributed by atoms with Crippen molar-refractivity contribution in [2.45, 2.75) is 38.1 Å². The highest BCUT2D eigenvalue weighted by Crippen LogP contribution is 2.31. The van der Waals surface area contributed by atoms with Crippen LogP contribution in [-0.4, -0.2) is 48.9 Å². The fourth-order valence-corrected chi connectivity index (χ4v) is 3.77. The van der Waals surface area contributed by atoms with Crippen molar-refractivity contribution in [2.24, 2.45) is 5.92 Å². The highest BCUT2D eigenvalue weighted by atomic mass is 19.1. The Morgan fingerprint density at radius 1 is 1.16 bits per heavy atom. The Balaban J connectivity index is 1.49. The van der Waals surface area contributed by atoms with Gasteiger partial charge in [0.15, 0.2) is 5.78 Å². The largest absolute Gasteiger partial charge is 0.497 e. The summed E-state index contributed by atoms with van der Waals surface area (Å²) in [7, 11) is 1.60. The molecule has 0 aromatic heterocycles. The third kappa shape index (κ3) is 5.29. The molecular weight excluding hydrogens is 399 g/mol. The van der Waals surface area contributed by atoms with E-state index in [-0.39, 0.29) is 36.1 Å². The van der Waals surface area contributed by atoms with Crippen molar-refractivity contribution in [1.29, 1.82) is 0 Å². The van der Waals surface area contributed by atoms with Crippen LogP contribution in [0.3, 0.4) is 0 Å². The number of ether oxygens (including phenoxy) is 2. The molecule has 1 saturated heterocycles. The molecule has 0 radical (unpaired) electrons. The second-order valence-corrected chi connectivity index (χ2v) is 8.11. The Labute approximate surface area is 181 Å². The van der Waals surface area contributed by atoms with Crippen LogP contribution in [0.15, 0.2) is 48.5 Å². The first kappa shape index (κ1) is 21.5. The summed E-state index contributed by atoms with van der Waals surface area (Å²) in [6.07, 6.45) is 1.32. The van der Waals surface area contributed by atoms with E-state index in [9.17, 15) is 14.0 Å². The lowest BCUT2D eigenvalue weighted by molar-refractivity contribution is -0.139. The molecule has 1 amide bonds.